The van der Waals surface area contributed by atoms with E-state index in [0.29, 0.717) is 37.2 Å². The molecule has 2 aromatic carbocycles. The highest BCUT2D eigenvalue weighted by Gasteiger charge is 2.22. The van der Waals surface area contributed by atoms with Crippen LogP contribution in [0.25, 0.3) is 10.9 Å². The third-order valence-corrected chi connectivity index (χ3v) is 6.41. The van der Waals surface area contributed by atoms with Crippen LogP contribution in [0.4, 0.5) is 5.82 Å². The molecule has 1 saturated heterocycles. The number of aromatic nitrogens is 2. The van der Waals surface area contributed by atoms with Crippen molar-refractivity contribution in [1.29, 1.82) is 0 Å². The van der Waals surface area contributed by atoms with Crippen molar-refractivity contribution in [2.24, 2.45) is 5.92 Å². The van der Waals surface area contributed by atoms with Crippen molar-refractivity contribution in [3.05, 3.63) is 54.4 Å². The Kier molecular flexibility index (Phi) is 8.36. The van der Waals surface area contributed by atoms with Gasteiger partial charge in [0.15, 0.2) is 11.5 Å². The fourth-order valence-electron chi connectivity index (χ4n) is 4.39. The number of hydrogen-bond donors (Lipinski definition) is 1. The van der Waals surface area contributed by atoms with Gasteiger partial charge in [-0.1, -0.05) is 30.3 Å². The molecule has 8 heteroatoms. The molecule has 0 aliphatic carbocycles. The highest BCUT2D eigenvalue weighted by Crippen LogP contribution is 2.35. The number of benzene rings is 2. The van der Waals surface area contributed by atoms with E-state index in [1.807, 2.05) is 37.3 Å². The lowest BCUT2D eigenvalue weighted by atomic mass is 9.98. The minimum Gasteiger partial charge on any atom is -0.493 e. The fourth-order valence-corrected chi connectivity index (χ4v) is 4.39. The lowest BCUT2D eigenvalue weighted by Gasteiger charge is -2.31. The van der Waals surface area contributed by atoms with Gasteiger partial charge >= 0.3 is 5.97 Å². The van der Waals surface area contributed by atoms with Gasteiger partial charge in [0.25, 0.3) is 0 Å². The summed E-state index contributed by atoms with van der Waals surface area (Å²) in [5.74, 6) is 2.35. The Balaban J connectivity index is 1.41. The summed E-state index contributed by atoms with van der Waals surface area (Å²) < 4.78 is 16.9. The molecule has 1 aromatic heterocycles. The number of anilines is 1. The van der Waals surface area contributed by atoms with E-state index in [-0.39, 0.29) is 12.0 Å². The molecule has 1 fully saturated rings. The number of nitrogens with zero attached hydrogens (tertiary/aromatic N) is 3. The van der Waals surface area contributed by atoms with Gasteiger partial charge in [-0.05, 0) is 57.3 Å². The topological polar surface area (TPSA) is 85.8 Å². The largest absolute Gasteiger partial charge is 0.493 e. The van der Waals surface area contributed by atoms with Crippen molar-refractivity contribution >= 4 is 22.7 Å². The Hall–Kier alpha value is -3.39. The zero-order chi connectivity index (χ0) is 24.6. The molecule has 0 bridgehead atoms. The van der Waals surface area contributed by atoms with Crippen LogP contribution in [0.15, 0.2) is 48.8 Å². The van der Waals surface area contributed by atoms with Crippen molar-refractivity contribution in [3.63, 3.8) is 0 Å². The molecular weight excluding hydrogens is 444 g/mol. The Bertz CT molecular complexity index is 1120. The summed E-state index contributed by atoms with van der Waals surface area (Å²) >= 11 is 0. The van der Waals surface area contributed by atoms with E-state index in [4.69, 9.17) is 14.2 Å². The number of carbonyl (C=O) groups is 1. The van der Waals surface area contributed by atoms with Crippen molar-refractivity contribution in [2.45, 2.75) is 32.7 Å². The first kappa shape index (κ1) is 24.7. The Morgan fingerprint density at radius 2 is 1.91 bits per heavy atom. The molecule has 8 nitrogen and oxygen atoms in total. The summed E-state index contributed by atoms with van der Waals surface area (Å²) in [4.78, 5) is 22.8. The van der Waals surface area contributed by atoms with Gasteiger partial charge in [-0.15, -0.1) is 0 Å². The molecule has 35 heavy (non-hydrogen) atoms. The maximum absolute atomic E-state index is 11.7. The van der Waals surface area contributed by atoms with E-state index in [1.54, 1.807) is 13.4 Å². The monoisotopic (exact) mass is 478 g/mol. The van der Waals surface area contributed by atoms with E-state index >= 15 is 0 Å². The van der Waals surface area contributed by atoms with Crippen LogP contribution in [0.5, 0.6) is 11.5 Å². The Morgan fingerprint density at radius 3 is 2.63 bits per heavy atom. The van der Waals surface area contributed by atoms with Gasteiger partial charge in [0.2, 0.25) is 0 Å². The highest BCUT2D eigenvalue weighted by atomic mass is 16.5. The fraction of sp³-hybridized carbons (Fsp3) is 0.444. The van der Waals surface area contributed by atoms with Gasteiger partial charge < -0.3 is 19.5 Å². The molecule has 1 unspecified atom stereocenters. The minimum absolute atomic E-state index is 0.0888. The second-order valence-electron chi connectivity index (χ2n) is 8.85. The van der Waals surface area contributed by atoms with Crippen LogP contribution in [0.3, 0.4) is 0 Å². The molecule has 1 atom stereocenters. The third-order valence-electron chi connectivity index (χ3n) is 6.41. The summed E-state index contributed by atoms with van der Waals surface area (Å²) in [6.07, 6.45) is 3.52. The van der Waals surface area contributed by atoms with Crippen molar-refractivity contribution in [1.82, 2.24) is 14.9 Å². The predicted molar refractivity (Wildman–Crippen MR) is 136 cm³/mol. The lowest BCUT2D eigenvalue weighted by Crippen LogP contribution is -2.39. The van der Waals surface area contributed by atoms with Crippen LogP contribution in [0.1, 0.15) is 38.3 Å². The van der Waals surface area contributed by atoms with Gasteiger partial charge in [0.05, 0.1) is 32.4 Å². The number of methoxy groups -OCH3 is 1. The molecule has 0 spiro atoms. The zero-order valence-electron chi connectivity index (χ0n) is 20.7. The van der Waals surface area contributed by atoms with Crippen LogP contribution < -0.4 is 14.8 Å². The quantitative estimate of drug-likeness (QED) is 0.428. The number of hydrogen-bond acceptors (Lipinski definition) is 8. The Morgan fingerprint density at radius 1 is 1.14 bits per heavy atom. The van der Waals surface area contributed by atoms with Crippen LogP contribution in [0.2, 0.25) is 0 Å². The summed E-state index contributed by atoms with van der Waals surface area (Å²) in [6, 6.07) is 14.2. The number of nitrogens with one attached hydrogen (secondary N) is 1. The van der Waals surface area contributed by atoms with Crippen LogP contribution >= 0.6 is 0 Å². The van der Waals surface area contributed by atoms with Crippen LogP contribution in [-0.4, -0.2) is 60.8 Å². The van der Waals surface area contributed by atoms with Crippen LogP contribution in [-0.2, 0) is 9.53 Å². The van der Waals surface area contributed by atoms with E-state index < -0.39 is 0 Å². The van der Waals surface area contributed by atoms with Gasteiger partial charge in [-0.3, -0.25) is 9.69 Å². The Labute approximate surface area is 206 Å². The normalized spacial score (nSPS) is 15.5. The maximum atomic E-state index is 11.7. The number of fused-ring (bicyclic) bond motifs is 1. The molecule has 1 aliphatic rings. The van der Waals surface area contributed by atoms with Crippen molar-refractivity contribution in [3.8, 4) is 11.5 Å². The van der Waals surface area contributed by atoms with Crippen molar-refractivity contribution < 1.29 is 19.0 Å². The first-order chi connectivity index (χ1) is 17.1. The number of likely N-dealkylation sites (tertiary alicyclic amines) is 1. The summed E-state index contributed by atoms with van der Waals surface area (Å²) in [5.41, 5.74) is 1.97. The molecular formula is C27H34N4O4. The minimum atomic E-state index is -0.155. The molecule has 0 amide bonds. The van der Waals surface area contributed by atoms with E-state index in [9.17, 15) is 4.79 Å². The number of rotatable bonds is 10. The standard InChI is InChI=1S/C27H34N4O4/c1-4-34-26(32)16-31-12-10-20(11-13-31)17-35-25-15-23-22(14-24(25)33-3)27(29-18-28-23)30-19(2)21-8-6-5-7-9-21/h5-9,14-15,18-20H,4,10-13,16-17H2,1-3H3,(H,28,29,30). The predicted octanol–water partition coefficient (Wildman–Crippen LogP) is 4.47. The molecule has 4 rings (SSSR count). The number of carbonyl (C=O) groups excluding carboxylic acids is 1. The van der Waals surface area contributed by atoms with E-state index in [1.165, 1.54) is 5.56 Å². The maximum Gasteiger partial charge on any atom is 0.320 e. The zero-order valence-corrected chi connectivity index (χ0v) is 20.7. The van der Waals surface area contributed by atoms with Crippen molar-refractivity contribution in [2.75, 3.05) is 45.3 Å². The summed E-state index contributed by atoms with van der Waals surface area (Å²) in [5, 5.41) is 4.38. The smallest absolute Gasteiger partial charge is 0.320 e. The second kappa shape index (κ2) is 11.8. The molecule has 0 saturated carbocycles. The van der Waals surface area contributed by atoms with Gasteiger partial charge in [-0.25, -0.2) is 9.97 Å². The molecule has 1 aliphatic heterocycles. The number of ether oxygens (including phenoxy) is 3. The molecule has 1 N–H and O–H groups in total. The van der Waals surface area contributed by atoms with Gasteiger partial charge in [0.1, 0.15) is 12.1 Å². The van der Waals surface area contributed by atoms with E-state index in [0.717, 1.165) is 42.7 Å². The number of esters is 1. The highest BCUT2D eigenvalue weighted by molar-refractivity contribution is 5.91. The SMILES string of the molecule is CCOC(=O)CN1CCC(COc2cc3ncnc(NC(C)c4ccccc4)c3cc2OC)CC1. The first-order valence-electron chi connectivity index (χ1n) is 12.2. The average molecular weight is 479 g/mol. The third kappa shape index (κ3) is 6.39. The lowest BCUT2D eigenvalue weighted by molar-refractivity contribution is -0.144. The molecule has 186 valence electrons. The molecule has 0 radical (unpaired) electrons. The second-order valence-corrected chi connectivity index (χ2v) is 8.85. The van der Waals surface area contributed by atoms with Gasteiger partial charge in [0, 0.05) is 17.5 Å². The molecule has 2 heterocycles. The average Bonchev–Trinajstić information content (AvgIpc) is 2.88. The summed E-state index contributed by atoms with van der Waals surface area (Å²) in [7, 11) is 1.64. The molecule has 3 aromatic rings. The number of piperidine rings is 1. The summed E-state index contributed by atoms with van der Waals surface area (Å²) in [6.45, 7) is 7.04. The van der Waals surface area contributed by atoms with Crippen LogP contribution in [0, 0.1) is 5.92 Å². The van der Waals surface area contributed by atoms with Gasteiger partial charge in [-0.2, -0.15) is 0 Å². The van der Waals surface area contributed by atoms with E-state index in [2.05, 4.69) is 39.2 Å². The first-order valence-corrected chi connectivity index (χ1v) is 12.2.